The third kappa shape index (κ3) is 11.9. The van der Waals surface area contributed by atoms with Crippen LogP contribution in [0, 0.1) is 11.8 Å². The Labute approximate surface area is 227 Å². The zero-order valence-corrected chi connectivity index (χ0v) is 23.6. The van der Waals surface area contributed by atoms with Crippen LogP contribution in [0.25, 0.3) is 0 Å². The fourth-order valence-electron chi connectivity index (χ4n) is 5.27. The maximum Gasteiger partial charge on any atom is 0.220 e. The highest BCUT2D eigenvalue weighted by Gasteiger charge is 2.22. The van der Waals surface area contributed by atoms with Crippen LogP contribution in [0.2, 0.25) is 0 Å². The van der Waals surface area contributed by atoms with Gasteiger partial charge in [0.05, 0.1) is 23.8 Å². The molecule has 3 rings (SSSR count). The summed E-state index contributed by atoms with van der Waals surface area (Å²) in [5, 5.41) is 6.80. The first-order valence-corrected chi connectivity index (χ1v) is 15.3. The quantitative estimate of drug-likeness (QED) is 0.244. The summed E-state index contributed by atoms with van der Waals surface area (Å²) in [7, 11) is 0. The normalized spacial score (nSPS) is 16.0. The molecule has 1 amide bonds. The van der Waals surface area contributed by atoms with Crippen molar-refractivity contribution in [3.63, 3.8) is 0 Å². The first-order chi connectivity index (χ1) is 18.0. The molecule has 1 aliphatic rings. The molecule has 2 unspecified atom stereocenters. The number of furan rings is 1. The molecule has 37 heavy (non-hydrogen) atoms. The number of Topliss-reactive ketones (excluding diaryl/α,β-unsaturated/α-hetero) is 1. The molecule has 0 spiro atoms. The molecule has 1 heterocycles. The monoisotopic (exact) mass is 526 g/mol. The summed E-state index contributed by atoms with van der Waals surface area (Å²) >= 11 is 1.58. The molecule has 2 atom stereocenters. The molecular weight excluding hydrogens is 480 g/mol. The van der Waals surface area contributed by atoms with Crippen molar-refractivity contribution in [3.05, 3.63) is 60.1 Å². The Morgan fingerprint density at radius 2 is 1.84 bits per heavy atom. The topological polar surface area (TPSA) is 71.3 Å². The second kappa shape index (κ2) is 16.7. The van der Waals surface area contributed by atoms with E-state index in [1.807, 2.05) is 30.3 Å². The fourth-order valence-corrected chi connectivity index (χ4v) is 6.14. The van der Waals surface area contributed by atoms with Crippen LogP contribution < -0.4 is 10.6 Å². The Kier molecular flexibility index (Phi) is 13.3. The highest BCUT2D eigenvalue weighted by Crippen LogP contribution is 2.27. The zero-order valence-electron chi connectivity index (χ0n) is 22.8. The average molecular weight is 527 g/mol. The van der Waals surface area contributed by atoms with Crippen LogP contribution in [-0.4, -0.2) is 36.1 Å². The van der Waals surface area contributed by atoms with Gasteiger partial charge in [0, 0.05) is 19.0 Å². The summed E-state index contributed by atoms with van der Waals surface area (Å²) in [4.78, 5) is 26.0. The number of thioether (sulfide) groups is 1. The van der Waals surface area contributed by atoms with Gasteiger partial charge >= 0.3 is 0 Å². The molecule has 1 aliphatic carbocycles. The van der Waals surface area contributed by atoms with E-state index in [-0.39, 0.29) is 23.8 Å². The lowest BCUT2D eigenvalue weighted by atomic mass is 9.86. The Morgan fingerprint density at radius 3 is 2.54 bits per heavy atom. The van der Waals surface area contributed by atoms with Gasteiger partial charge in [0.1, 0.15) is 5.76 Å². The van der Waals surface area contributed by atoms with Gasteiger partial charge in [-0.1, -0.05) is 76.3 Å². The largest absolute Gasteiger partial charge is 0.468 e. The van der Waals surface area contributed by atoms with E-state index >= 15 is 0 Å². The van der Waals surface area contributed by atoms with Gasteiger partial charge in [-0.05, 0) is 55.2 Å². The van der Waals surface area contributed by atoms with Gasteiger partial charge in [-0.3, -0.25) is 9.59 Å². The zero-order chi connectivity index (χ0) is 26.3. The van der Waals surface area contributed by atoms with E-state index in [1.165, 1.54) is 38.5 Å². The second-order valence-corrected chi connectivity index (χ2v) is 12.0. The molecule has 1 aromatic heterocycles. The lowest BCUT2D eigenvalue weighted by Crippen LogP contribution is -2.48. The van der Waals surface area contributed by atoms with E-state index in [0.717, 1.165) is 30.1 Å². The van der Waals surface area contributed by atoms with Gasteiger partial charge in [-0.15, -0.1) is 11.8 Å². The van der Waals surface area contributed by atoms with E-state index in [9.17, 15) is 9.59 Å². The number of rotatable bonds is 17. The smallest absolute Gasteiger partial charge is 0.220 e. The molecule has 2 N–H and O–H groups in total. The van der Waals surface area contributed by atoms with Crippen LogP contribution in [0.4, 0.5) is 0 Å². The Morgan fingerprint density at radius 1 is 1.05 bits per heavy atom. The van der Waals surface area contributed by atoms with Gasteiger partial charge in [0.25, 0.3) is 0 Å². The van der Waals surface area contributed by atoms with Crippen molar-refractivity contribution in [1.82, 2.24) is 10.6 Å². The van der Waals surface area contributed by atoms with E-state index in [2.05, 4.69) is 36.6 Å². The van der Waals surface area contributed by atoms with Crippen LogP contribution in [0.5, 0.6) is 0 Å². The number of carbonyl (C=O) groups excluding carboxylic acids is 2. The number of hydrogen-bond donors (Lipinski definition) is 2. The maximum absolute atomic E-state index is 13.2. The van der Waals surface area contributed by atoms with E-state index in [1.54, 1.807) is 18.0 Å². The molecule has 0 radical (unpaired) electrons. The number of hydrogen-bond acceptors (Lipinski definition) is 5. The van der Waals surface area contributed by atoms with Gasteiger partial charge in [-0.2, -0.15) is 0 Å². The maximum atomic E-state index is 13.2. The number of carbonyl (C=O) groups is 2. The van der Waals surface area contributed by atoms with Gasteiger partial charge in [-0.25, -0.2) is 0 Å². The fraction of sp³-hybridized carbons (Fsp3) is 0.613. The lowest BCUT2D eigenvalue weighted by molar-refractivity contribution is -0.122. The molecule has 1 saturated carbocycles. The van der Waals surface area contributed by atoms with Crippen molar-refractivity contribution < 1.29 is 14.0 Å². The standard InChI is InChI=1S/C31H46N2O3S/c1-24(2)19-27(33-31(35)17-9-15-25-11-5-3-6-12-25)21-32-29(20-26-13-7-4-8-14-26)30(34)23-37-22-28-16-10-18-36-28/h4,7-8,10,13-14,16,18,24-25,27,29,32H,3,5-6,9,11-12,15,17,19-23H2,1-2H3,(H,33,35). The van der Waals surface area contributed by atoms with Crippen molar-refractivity contribution in [2.75, 3.05) is 12.3 Å². The number of ketones is 1. The van der Waals surface area contributed by atoms with Crippen molar-refractivity contribution in [1.29, 1.82) is 0 Å². The van der Waals surface area contributed by atoms with Crippen molar-refractivity contribution in [3.8, 4) is 0 Å². The average Bonchev–Trinajstić information content (AvgIpc) is 3.41. The van der Waals surface area contributed by atoms with E-state index in [0.29, 0.717) is 36.8 Å². The molecule has 1 aromatic carbocycles. The van der Waals surface area contributed by atoms with Crippen LogP contribution in [-0.2, 0) is 21.8 Å². The van der Waals surface area contributed by atoms with Crippen molar-refractivity contribution in [2.24, 2.45) is 11.8 Å². The van der Waals surface area contributed by atoms with Gasteiger partial charge in [0.15, 0.2) is 5.78 Å². The first-order valence-electron chi connectivity index (χ1n) is 14.2. The van der Waals surface area contributed by atoms with Crippen LogP contribution in [0.3, 0.4) is 0 Å². The van der Waals surface area contributed by atoms with E-state index in [4.69, 9.17) is 4.42 Å². The SMILES string of the molecule is CC(C)CC(CNC(Cc1ccccc1)C(=O)CSCc1ccco1)NC(=O)CCCC1CCCCC1. The van der Waals surface area contributed by atoms with Crippen LogP contribution in [0.1, 0.15) is 83.0 Å². The van der Waals surface area contributed by atoms with Crippen molar-refractivity contribution in [2.45, 2.75) is 95.9 Å². The third-order valence-electron chi connectivity index (χ3n) is 7.21. The Hall–Kier alpha value is -2.05. The molecule has 0 saturated heterocycles. The molecule has 6 heteroatoms. The Balaban J connectivity index is 1.51. The predicted molar refractivity (Wildman–Crippen MR) is 154 cm³/mol. The summed E-state index contributed by atoms with van der Waals surface area (Å²) in [5.74, 6) is 3.59. The molecule has 2 aromatic rings. The first kappa shape index (κ1) is 29.5. The molecule has 0 bridgehead atoms. The third-order valence-corrected chi connectivity index (χ3v) is 8.19. The predicted octanol–water partition coefficient (Wildman–Crippen LogP) is 6.56. The molecule has 0 aliphatic heterocycles. The summed E-state index contributed by atoms with van der Waals surface area (Å²) < 4.78 is 5.40. The number of nitrogens with one attached hydrogen (secondary N) is 2. The minimum atomic E-state index is -0.288. The minimum Gasteiger partial charge on any atom is -0.468 e. The van der Waals surface area contributed by atoms with Crippen LogP contribution >= 0.6 is 11.8 Å². The molecular formula is C31H46N2O3S. The summed E-state index contributed by atoms with van der Waals surface area (Å²) in [5.41, 5.74) is 1.14. The Bertz CT molecular complexity index is 894. The number of amides is 1. The van der Waals surface area contributed by atoms with Crippen molar-refractivity contribution >= 4 is 23.5 Å². The minimum absolute atomic E-state index is 0.0176. The van der Waals surface area contributed by atoms with Gasteiger partial charge in [0.2, 0.25) is 5.91 Å². The van der Waals surface area contributed by atoms with Crippen LogP contribution in [0.15, 0.2) is 53.1 Å². The lowest BCUT2D eigenvalue weighted by Gasteiger charge is -2.25. The van der Waals surface area contributed by atoms with E-state index < -0.39 is 0 Å². The highest BCUT2D eigenvalue weighted by molar-refractivity contribution is 7.99. The number of benzene rings is 1. The summed E-state index contributed by atoms with van der Waals surface area (Å²) in [6.07, 6.45) is 12.7. The summed E-state index contributed by atoms with van der Waals surface area (Å²) in [6.45, 7) is 4.96. The molecule has 204 valence electrons. The van der Waals surface area contributed by atoms with Gasteiger partial charge < -0.3 is 15.1 Å². The summed E-state index contributed by atoms with van der Waals surface area (Å²) in [6, 6.07) is 13.7. The second-order valence-electron chi connectivity index (χ2n) is 11.0. The molecule has 5 nitrogen and oxygen atoms in total. The molecule has 1 fully saturated rings. The highest BCUT2D eigenvalue weighted by atomic mass is 32.2.